The number of benzene rings is 4. The summed E-state index contributed by atoms with van der Waals surface area (Å²) in [4.78, 5) is 12.9. The summed E-state index contributed by atoms with van der Waals surface area (Å²) in [6.45, 7) is 4.77. The third-order valence-electron chi connectivity index (χ3n) is 10.4. The van der Waals surface area contributed by atoms with Crippen molar-refractivity contribution in [1.82, 2.24) is 5.32 Å². The van der Waals surface area contributed by atoms with Gasteiger partial charge < -0.3 is 10.2 Å². The van der Waals surface area contributed by atoms with E-state index in [4.69, 9.17) is 9.98 Å². The molecule has 2 aliphatic heterocycles. The van der Waals surface area contributed by atoms with E-state index in [0.29, 0.717) is 5.92 Å². The molecule has 0 saturated carbocycles. The standard InChI is InChI=1S/C42H36N4/c1-42(2)35-22-11-9-20-31(35)33-25-34-32-21-10-12-23-37(32)46(38(34)26-36(33)42)30-19-13-18-29(24-30)41-44-39(27-14-5-3-6-15-27)43-40(45-41)28-16-7-4-8-17-28/h3-23,25-26,30,34,38-39H,24H2,1-2H3,(H,43,44,45). The molecule has 4 aromatic rings. The minimum atomic E-state index is -0.298. The zero-order valence-electron chi connectivity index (χ0n) is 26.1. The fourth-order valence-corrected chi connectivity index (χ4v) is 8.17. The summed E-state index contributed by atoms with van der Waals surface area (Å²) in [5.41, 5.74) is 11.8. The lowest BCUT2D eigenvalue weighted by Gasteiger charge is -2.38. The van der Waals surface area contributed by atoms with Gasteiger partial charge in [-0.2, -0.15) is 0 Å². The molecule has 1 N–H and O–H groups in total. The number of allylic oxidation sites excluding steroid dienone is 4. The van der Waals surface area contributed by atoms with Crippen molar-refractivity contribution >= 4 is 22.9 Å². The molecule has 5 aliphatic rings. The van der Waals surface area contributed by atoms with Crippen LogP contribution in [0.3, 0.4) is 0 Å². The summed E-state index contributed by atoms with van der Waals surface area (Å²) in [5.74, 6) is 2.07. The van der Waals surface area contributed by atoms with Gasteiger partial charge in [-0.15, -0.1) is 0 Å². The van der Waals surface area contributed by atoms with Gasteiger partial charge in [0.25, 0.3) is 0 Å². The topological polar surface area (TPSA) is 40.0 Å². The molecule has 2 heterocycles. The van der Waals surface area contributed by atoms with Crippen LogP contribution >= 0.6 is 0 Å². The average molecular weight is 597 g/mol. The lowest BCUT2D eigenvalue weighted by Crippen LogP contribution is -2.44. The van der Waals surface area contributed by atoms with E-state index in [1.54, 1.807) is 0 Å². The highest BCUT2D eigenvalue weighted by atomic mass is 15.2. The number of hydrogen-bond donors (Lipinski definition) is 1. The molecule has 0 bridgehead atoms. The van der Waals surface area contributed by atoms with E-state index in [9.17, 15) is 0 Å². The third kappa shape index (κ3) is 4.20. The van der Waals surface area contributed by atoms with E-state index in [1.807, 2.05) is 12.1 Å². The second kappa shape index (κ2) is 10.4. The summed E-state index contributed by atoms with van der Waals surface area (Å²) < 4.78 is 0. The number of nitrogens with zero attached hydrogens (tertiary/aromatic N) is 3. The number of aliphatic imine (C=N–C) groups is 2. The molecule has 4 unspecified atom stereocenters. The highest BCUT2D eigenvalue weighted by Crippen LogP contribution is 2.56. The van der Waals surface area contributed by atoms with Gasteiger partial charge in [0.15, 0.2) is 6.17 Å². The van der Waals surface area contributed by atoms with E-state index in [0.717, 1.165) is 29.2 Å². The Morgan fingerprint density at radius 2 is 1.48 bits per heavy atom. The van der Waals surface area contributed by atoms with Crippen molar-refractivity contribution in [3.63, 3.8) is 0 Å². The third-order valence-corrected chi connectivity index (χ3v) is 10.4. The van der Waals surface area contributed by atoms with Gasteiger partial charge >= 0.3 is 0 Å². The highest BCUT2D eigenvalue weighted by Gasteiger charge is 2.47. The Labute approximate surface area is 270 Å². The van der Waals surface area contributed by atoms with E-state index >= 15 is 0 Å². The number of anilines is 1. The van der Waals surface area contributed by atoms with E-state index in [2.05, 4.69) is 152 Å². The van der Waals surface area contributed by atoms with Gasteiger partial charge in [-0.3, -0.25) is 0 Å². The summed E-state index contributed by atoms with van der Waals surface area (Å²) in [7, 11) is 0. The van der Waals surface area contributed by atoms with Crippen molar-refractivity contribution in [2.24, 2.45) is 9.98 Å². The Balaban J connectivity index is 1.08. The fraction of sp³-hybridized carbons (Fsp3) is 0.190. The van der Waals surface area contributed by atoms with Gasteiger partial charge in [0.1, 0.15) is 11.7 Å². The molecule has 0 spiro atoms. The van der Waals surface area contributed by atoms with Crippen LogP contribution in [0.5, 0.6) is 0 Å². The average Bonchev–Trinajstić information content (AvgIpc) is 3.56. The van der Waals surface area contributed by atoms with Crippen molar-refractivity contribution in [3.8, 4) is 0 Å². The SMILES string of the molecule is CC1(C)C2=CC3C(C=C2c2ccccc21)c1ccccc1N3C1C=CC=C(C2=NC(c3ccccc3)N=C(c3ccccc3)N2)C1. The summed E-state index contributed by atoms with van der Waals surface area (Å²) in [6, 6.07) is 39.2. The Bertz CT molecular complexity index is 2040. The van der Waals surface area contributed by atoms with Gasteiger partial charge in [0, 0.05) is 29.0 Å². The lowest BCUT2D eigenvalue weighted by molar-refractivity contribution is 0.589. The number of fused-ring (bicyclic) bond motifs is 6. The van der Waals surface area contributed by atoms with E-state index in [-0.39, 0.29) is 23.7 Å². The first-order valence-electron chi connectivity index (χ1n) is 16.4. The van der Waals surface area contributed by atoms with Crippen LogP contribution < -0.4 is 10.2 Å². The van der Waals surface area contributed by atoms with Crippen LogP contribution in [-0.4, -0.2) is 23.8 Å². The predicted molar refractivity (Wildman–Crippen MR) is 189 cm³/mol. The molecule has 0 aromatic heterocycles. The van der Waals surface area contributed by atoms with E-state index < -0.39 is 0 Å². The van der Waals surface area contributed by atoms with Crippen molar-refractivity contribution in [3.05, 3.63) is 179 Å². The first-order chi connectivity index (χ1) is 22.6. The second-order valence-corrected chi connectivity index (χ2v) is 13.4. The van der Waals surface area contributed by atoms with Crippen LogP contribution in [0.25, 0.3) is 5.57 Å². The van der Waals surface area contributed by atoms with Gasteiger partial charge in [0.05, 0.1) is 12.1 Å². The maximum atomic E-state index is 5.20. The Hall–Kier alpha value is -5.22. The molecule has 4 nitrogen and oxygen atoms in total. The molecule has 4 atom stereocenters. The molecule has 224 valence electrons. The monoisotopic (exact) mass is 596 g/mol. The van der Waals surface area contributed by atoms with Crippen LogP contribution in [0.2, 0.25) is 0 Å². The van der Waals surface area contributed by atoms with Crippen molar-refractivity contribution in [1.29, 1.82) is 0 Å². The highest BCUT2D eigenvalue weighted by molar-refractivity contribution is 6.16. The van der Waals surface area contributed by atoms with Crippen LogP contribution in [-0.2, 0) is 5.41 Å². The Kier molecular flexibility index (Phi) is 6.14. The number of rotatable bonds is 4. The quantitative estimate of drug-likeness (QED) is 0.256. The maximum absolute atomic E-state index is 5.20. The predicted octanol–water partition coefficient (Wildman–Crippen LogP) is 8.68. The summed E-state index contributed by atoms with van der Waals surface area (Å²) >= 11 is 0. The number of hydrogen-bond acceptors (Lipinski definition) is 4. The fourth-order valence-electron chi connectivity index (χ4n) is 8.17. The van der Waals surface area contributed by atoms with Crippen molar-refractivity contribution < 1.29 is 0 Å². The Morgan fingerprint density at radius 3 is 2.33 bits per heavy atom. The normalized spacial score (nSPS) is 25.1. The molecule has 4 heteroatoms. The molecule has 3 aliphatic carbocycles. The number of para-hydroxylation sites is 1. The van der Waals surface area contributed by atoms with Crippen LogP contribution in [0.15, 0.2) is 161 Å². The molecule has 0 fully saturated rings. The lowest BCUT2D eigenvalue weighted by atomic mass is 9.77. The largest absolute Gasteiger partial charge is 0.357 e. The minimum absolute atomic E-state index is 0.0261. The molecule has 0 amide bonds. The van der Waals surface area contributed by atoms with Gasteiger partial charge in [-0.05, 0) is 45.0 Å². The van der Waals surface area contributed by atoms with Gasteiger partial charge in [-0.25, -0.2) is 9.98 Å². The molecule has 4 aromatic carbocycles. The number of nitrogens with one attached hydrogen (secondary N) is 1. The minimum Gasteiger partial charge on any atom is -0.357 e. The van der Waals surface area contributed by atoms with Gasteiger partial charge in [0.2, 0.25) is 0 Å². The Morgan fingerprint density at radius 1 is 0.761 bits per heavy atom. The van der Waals surface area contributed by atoms with E-state index in [1.165, 1.54) is 39.1 Å². The van der Waals surface area contributed by atoms with Gasteiger partial charge in [-0.1, -0.05) is 147 Å². The zero-order valence-corrected chi connectivity index (χ0v) is 26.1. The van der Waals surface area contributed by atoms with Crippen molar-refractivity contribution in [2.75, 3.05) is 4.90 Å². The zero-order chi connectivity index (χ0) is 30.8. The molecular formula is C42H36N4. The second-order valence-electron chi connectivity index (χ2n) is 13.4. The smallest absolute Gasteiger partial charge is 0.169 e. The first-order valence-corrected chi connectivity index (χ1v) is 16.4. The summed E-state index contributed by atoms with van der Waals surface area (Å²) in [5, 5.41) is 3.63. The number of amidine groups is 2. The van der Waals surface area contributed by atoms with Crippen LogP contribution in [0, 0.1) is 0 Å². The maximum Gasteiger partial charge on any atom is 0.169 e. The molecular weight excluding hydrogens is 560 g/mol. The first kappa shape index (κ1) is 27.1. The molecule has 0 radical (unpaired) electrons. The van der Waals surface area contributed by atoms with Crippen molar-refractivity contribution in [2.45, 2.75) is 49.9 Å². The van der Waals surface area contributed by atoms with Crippen LogP contribution in [0.1, 0.15) is 60.2 Å². The summed E-state index contributed by atoms with van der Waals surface area (Å²) in [6.07, 6.45) is 12.5. The van der Waals surface area contributed by atoms with Crippen LogP contribution in [0.4, 0.5) is 5.69 Å². The molecule has 46 heavy (non-hydrogen) atoms. The molecule has 9 rings (SSSR count). The molecule has 0 saturated heterocycles.